The lowest BCUT2D eigenvalue weighted by Gasteiger charge is -2.29. The summed E-state index contributed by atoms with van der Waals surface area (Å²) in [6.45, 7) is 19.5. The fraction of sp³-hybridized carbons (Fsp3) is 0.522. The van der Waals surface area contributed by atoms with Gasteiger partial charge in [-0.05, 0) is 24.6 Å². The molecule has 2 rings (SSSR count). The van der Waals surface area contributed by atoms with Crippen LogP contribution in [0.4, 0.5) is 11.8 Å². The zero-order valence-electron chi connectivity index (χ0n) is 18.8. The summed E-state index contributed by atoms with van der Waals surface area (Å²) in [6.07, 6.45) is 4.15. The highest BCUT2D eigenvalue weighted by molar-refractivity contribution is 5.65. The lowest BCUT2D eigenvalue weighted by molar-refractivity contribution is 0.524. The fourth-order valence-electron chi connectivity index (χ4n) is 2.89. The molecule has 0 saturated carbocycles. The van der Waals surface area contributed by atoms with Crippen molar-refractivity contribution < 1.29 is 0 Å². The predicted molar refractivity (Wildman–Crippen MR) is 119 cm³/mol. The third-order valence-corrected chi connectivity index (χ3v) is 4.96. The molecular weight excluding hydrogens is 346 g/mol. The summed E-state index contributed by atoms with van der Waals surface area (Å²) in [7, 11) is 0. The average Bonchev–Trinajstić information content (AvgIpc) is 2.51. The van der Waals surface area contributed by atoms with E-state index in [-0.39, 0.29) is 22.2 Å². The Morgan fingerprint density at radius 3 is 1.71 bits per heavy atom. The summed E-state index contributed by atoms with van der Waals surface area (Å²) in [5, 5.41) is 0. The fourth-order valence-corrected chi connectivity index (χ4v) is 2.89. The van der Waals surface area contributed by atoms with E-state index in [1.54, 1.807) is 0 Å². The van der Waals surface area contributed by atoms with E-state index in [0.717, 1.165) is 22.6 Å². The van der Waals surface area contributed by atoms with Crippen LogP contribution in [0.5, 0.6) is 0 Å². The third kappa shape index (κ3) is 4.89. The quantitative estimate of drug-likeness (QED) is 0.786. The highest BCUT2D eigenvalue weighted by atomic mass is 15.0. The minimum absolute atomic E-state index is 0.0262. The molecule has 0 aliphatic carbocycles. The van der Waals surface area contributed by atoms with E-state index in [4.69, 9.17) is 16.5 Å². The number of hydrogen-bond donors (Lipinski definition) is 2. The van der Waals surface area contributed by atoms with Crippen LogP contribution in [0.2, 0.25) is 0 Å². The Labute approximate surface area is 169 Å². The number of nitrogen functional groups attached to an aromatic ring is 2. The lowest BCUT2D eigenvalue weighted by Crippen LogP contribution is -2.23. The summed E-state index contributed by atoms with van der Waals surface area (Å²) in [6, 6.07) is 4.44. The SMILES string of the molecule is Cc1nc(N)nc(N)c1C=CC(C)(C)c1cc(C(C)(C)C)nc(C(C)(C)C)c1. The molecule has 2 heterocycles. The number of hydrogen-bond acceptors (Lipinski definition) is 5. The van der Waals surface area contributed by atoms with Crippen molar-refractivity contribution in [3.8, 4) is 0 Å². The number of anilines is 2. The summed E-state index contributed by atoms with van der Waals surface area (Å²) in [5.41, 5.74) is 16.5. The van der Waals surface area contributed by atoms with Crippen LogP contribution in [0, 0.1) is 6.92 Å². The Hall–Kier alpha value is -2.43. The first-order valence-corrected chi connectivity index (χ1v) is 9.73. The number of nitrogens with two attached hydrogens (primary N) is 2. The standard InChI is InChI=1S/C23H35N5/c1-14-16(19(24)28-20(25)26-14)10-11-23(8,9)15-12-17(21(2,3)4)27-18(13-15)22(5,6)7/h10-13H,1-9H3,(H4,24,25,26,28). The topological polar surface area (TPSA) is 90.7 Å². The number of aryl methyl sites for hydroxylation is 1. The summed E-state index contributed by atoms with van der Waals surface area (Å²) >= 11 is 0. The van der Waals surface area contributed by atoms with E-state index in [1.807, 2.05) is 13.0 Å². The molecule has 0 aliphatic heterocycles. The second-order valence-electron chi connectivity index (χ2n) is 10.1. The summed E-state index contributed by atoms with van der Waals surface area (Å²) in [4.78, 5) is 13.3. The van der Waals surface area contributed by atoms with Crippen LogP contribution in [0.15, 0.2) is 18.2 Å². The molecule has 0 saturated heterocycles. The van der Waals surface area contributed by atoms with Gasteiger partial charge in [0.25, 0.3) is 0 Å². The van der Waals surface area contributed by atoms with Crippen molar-refractivity contribution in [3.63, 3.8) is 0 Å². The van der Waals surface area contributed by atoms with Crippen LogP contribution in [0.25, 0.3) is 6.08 Å². The van der Waals surface area contributed by atoms with Crippen molar-refractivity contribution in [1.82, 2.24) is 15.0 Å². The van der Waals surface area contributed by atoms with Gasteiger partial charge >= 0.3 is 0 Å². The van der Waals surface area contributed by atoms with Crippen molar-refractivity contribution in [3.05, 3.63) is 46.4 Å². The molecule has 0 bridgehead atoms. The Kier molecular flexibility index (Phi) is 5.61. The molecule has 0 radical (unpaired) electrons. The Balaban J connectivity index is 2.56. The number of aromatic nitrogens is 3. The zero-order chi connectivity index (χ0) is 21.5. The number of nitrogens with zero attached hydrogens (tertiary/aromatic N) is 3. The van der Waals surface area contributed by atoms with Gasteiger partial charge in [-0.3, -0.25) is 4.98 Å². The molecule has 0 aromatic carbocycles. The number of rotatable bonds is 3. The molecule has 28 heavy (non-hydrogen) atoms. The normalized spacial score (nSPS) is 13.3. The smallest absolute Gasteiger partial charge is 0.222 e. The van der Waals surface area contributed by atoms with Crippen molar-refractivity contribution in [2.45, 2.75) is 78.6 Å². The van der Waals surface area contributed by atoms with Gasteiger partial charge < -0.3 is 11.5 Å². The van der Waals surface area contributed by atoms with Crippen molar-refractivity contribution in [1.29, 1.82) is 0 Å². The van der Waals surface area contributed by atoms with E-state index in [2.05, 4.69) is 83.6 Å². The molecule has 0 amide bonds. The summed E-state index contributed by atoms with van der Waals surface area (Å²) < 4.78 is 0. The maximum Gasteiger partial charge on any atom is 0.222 e. The Morgan fingerprint density at radius 2 is 1.29 bits per heavy atom. The molecule has 0 fully saturated rings. The van der Waals surface area contributed by atoms with Crippen LogP contribution in [0.1, 0.15) is 83.6 Å². The Bertz CT molecular complexity index is 841. The molecule has 0 unspecified atom stereocenters. The first-order valence-electron chi connectivity index (χ1n) is 9.73. The van der Waals surface area contributed by atoms with Crippen LogP contribution >= 0.6 is 0 Å². The molecule has 152 valence electrons. The van der Waals surface area contributed by atoms with Gasteiger partial charge in [-0.25, -0.2) is 4.98 Å². The maximum absolute atomic E-state index is 6.06. The predicted octanol–water partition coefficient (Wildman–Crippen LogP) is 4.93. The van der Waals surface area contributed by atoms with E-state index in [1.165, 1.54) is 5.56 Å². The van der Waals surface area contributed by atoms with Crippen LogP contribution in [0.3, 0.4) is 0 Å². The molecular formula is C23H35N5. The van der Waals surface area contributed by atoms with Crippen molar-refractivity contribution in [2.75, 3.05) is 11.5 Å². The molecule has 0 spiro atoms. The average molecular weight is 382 g/mol. The highest BCUT2D eigenvalue weighted by Crippen LogP contribution is 2.33. The molecule has 2 aromatic rings. The molecule has 5 nitrogen and oxygen atoms in total. The van der Waals surface area contributed by atoms with Gasteiger partial charge in [-0.2, -0.15) is 4.98 Å². The van der Waals surface area contributed by atoms with Gasteiger partial charge in [0.1, 0.15) is 5.82 Å². The zero-order valence-corrected chi connectivity index (χ0v) is 18.8. The number of pyridine rings is 1. The van der Waals surface area contributed by atoms with Crippen LogP contribution in [-0.4, -0.2) is 15.0 Å². The number of allylic oxidation sites excluding steroid dienone is 1. The Morgan fingerprint density at radius 1 is 0.786 bits per heavy atom. The maximum atomic E-state index is 6.06. The van der Waals surface area contributed by atoms with Gasteiger partial charge in [0.05, 0.1) is 5.69 Å². The van der Waals surface area contributed by atoms with Gasteiger partial charge in [-0.15, -0.1) is 0 Å². The van der Waals surface area contributed by atoms with Gasteiger partial charge in [0.2, 0.25) is 5.95 Å². The molecule has 0 aliphatic rings. The van der Waals surface area contributed by atoms with E-state index >= 15 is 0 Å². The third-order valence-electron chi connectivity index (χ3n) is 4.96. The second-order valence-corrected chi connectivity index (χ2v) is 10.1. The van der Waals surface area contributed by atoms with E-state index in [9.17, 15) is 0 Å². The van der Waals surface area contributed by atoms with E-state index < -0.39 is 0 Å². The minimum Gasteiger partial charge on any atom is -0.383 e. The first kappa shape index (κ1) is 21.9. The largest absolute Gasteiger partial charge is 0.383 e. The second kappa shape index (κ2) is 7.19. The van der Waals surface area contributed by atoms with Gasteiger partial charge in [0, 0.05) is 33.2 Å². The van der Waals surface area contributed by atoms with Gasteiger partial charge in [-0.1, -0.05) is 67.5 Å². The molecule has 4 N–H and O–H groups in total. The monoisotopic (exact) mass is 381 g/mol. The van der Waals surface area contributed by atoms with Crippen molar-refractivity contribution >= 4 is 17.8 Å². The minimum atomic E-state index is -0.219. The van der Waals surface area contributed by atoms with Gasteiger partial charge in [0.15, 0.2) is 0 Å². The van der Waals surface area contributed by atoms with Crippen LogP contribution in [-0.2, 0) is 16.2 Å². The lowest BCUT2D eigenvalue weighted by atomic mass is 9.79. The molecule has 0 atom stereocenters. The molecule has 5 heteroatoms. The van der Waals surface area contributed by atoms with Crippen molar-refractivity contribution in [2.24, 2.45) is 0 Å². The summed E-state index contributed by atoms with van der Waals surface area (Å²) in [5.74, 6) is 0.600. The van der Waals surface area contributed by atoms with E-state index in [0.29, 0.717) is 5.82 Å². The first-order chi connectivity index (χ1) is 12.6. The highest BCUT2D eigenvalue weighted by Gasteiger charge is 2.26. The van der Waals surface area contributed by atoms with Crippen LogP contribution < -0.4 is 11.5 Å². The molecule has 2 aromatic heterocycles.